The van der Waals surface area contributed by atoms with Gasteiger partial charge in [0, 0.05) is 5.56 Å². The molecule has 3 aromatic carbocycles. The molecule has 0 spiro atoms. The zero-order valence-corrected chi connectivity index (χ0v) is 17.6. The maximum Gasteiger partial charge on any atom is 0.335 e. The number of urea groups is 1. The summed E-state index contributed by atoms with van der Waals surface area (Å²) in [6.45, 7) is 3.92. The first-order chi connectivity index (χ1) is 15.4. The van der Waals surface area contributed by atoms with Gasteiger partial charge >= 0.3 is 6.03 Å². The Morgan fingerprint density at radius 3 is 2.47 bits per heavy atom. The number of barbiturate groups is 1. The summed E-state index contributed by atoms with van der Waals surface area (Å²) in [5.41, 5.74) is 0.496. The lowest BCUT2D eigenvalue weighted by molar-refractivity contribution is -0.122. The summed E-state index contributed by atoms with van der Waals surface area (Å²) in [6.07, 6.45) is 2.14. The van der Waals surface area contributed by atoms with Gasteiger partial charge in [-0.15, -0.1) is 0 Å². The number of nitrogens with zero attached hydrogens (tertiary/aromatic N) is 1. The number of anilines is 1. The molecule has 1 aliphatic heterocycles. The molecule has 0 radical (unpaired) electrons. The molecule has 6 nitrogen and oxygen atoms in total. The fourth-order valence-electron chi connectivity index (χ4n) is 3.45. The predicted molar refractivity (Wildman–Crippen MR) is 120 cm³/mol. The molecular formula is C25H21FN2O4. The summed E-state index contributed by atoms with van der Waals surface area (Å²) < 4.78 is 19.4. The largest absolute Gasteiger partial charge is 0.490 e. The third-order valence-corrected chi connectivity index (χ3v) is 5.31. The number of fused-ring (bicyclic) bond motifs is 1. The van der Waals surface area contributed by atoms with Crippen molar-refractivity contribution in [1.82, 2.24) is 5.32 Å². The number of ether oxygens (including phenoxy) is 1. The van der Waals surface area contributed by atoms with E-state index in [0.717, 1.165) is 34.2 Å². The van der Waals surface area contributed by atoms with E-state index in [1.165, 1.54) is 18.2 Å². The molecule has 1 fully saturated rings. The Kier molecular flexibility index (Phi) is 5.73. The molecule has 0 aliphatic carbocycles. The van der Waals surface area contributed by atoms with Gasteiger partial charge in [0.15, 0.2) is 0 Å². The second-order valence-corrected chi connectivity index (χ2v) is 7.47. The van der Waals surface area contributed by atoms with Crippen LogP contribution in [-0.2, 0) is 9.59 Å². The van der Waals surface area contributed by atoms with Gasteiger partial charge in [-0.05, 0) is 60.5 Å². The van der Waals surface area contributed by atoms with Crippen molar-refractivity contribution in [2.45, 2.75) is 26.4 Å². The van der Waals surface area contributed by atoms with Gasteiger partial charge < -0.3 is 4.74 Å². The van der Waals surface area contributed by atoms with E-state index in [1.54, 1.807) is 6.07 Å². The van der Waals surface area contributed by atoms with Gasteiger partial charge in [0.1, 0.15) is 17.1 Å². The zero-order chi connectivity index (χ0) is 22.8. The molecule has 4 amide bonds. The summed E-state index contributed by atoms with van der Waals surface area (Å²) in [7, 11) is 0. The fourth-order valence-corrected chi connectivity index (χ4v) is 3.45. The van der Waals surface area contributed by atoms with Gasteiger partial charge in [-0.2, -0.15) is 0 Å². The molecule has 1 atom stereocenters. The lowest BCUT2D eigenvalue weighted by atomic mass is 9.99. The van der Waals surface area contributed by atoms with Crippen LogP contribution in [0.25, 0.3) is 16.8 Å². The molecular weight excluding hydrogens is 411 g/mol. The summed E-state index contributed by atoms with van der Waals surface area (Å²) in [5, 5.41) is 3.89. The average molecular weight is 432 g/mol. The average Bonchev–Trinajstić information content (AvgIpc) is 2.78. The van der Waals surface area contributed by atoms with Crippen LogP contribution in [0.1, 0.15) is 25.8 Å². The number of rotatable bonds is 5. The quantitative estimate of drug-likeness (QED) is 0.463. The standard InChI is InChI=1S/C25H21FN2O4/c1-3-15(2)32-22-13-8-16-6-4-5-7-19(16)20(22)14-21-23(29)27-25(31)28(24(21)30)18-11-9-17(26)10-12-18/h4-15H,3H2,1-2H3,(H,27,29,31)/b21-14+/t15-/m1/s1. The normalized spacial score (nSPS) is 16.4. The Morgan fingerprint density at radius 2 is 1.75 bits per heavy atom. The highest BCUT2D eigenvalue weighted by atomic mass is 19.1. The molecule has 1 heterocycles. The van der Waals surface area contributed by atoms with Crippen LogP contribution in [0.15, 0.2) is 66.2 Å². The van der Waals surface area contributed by atoms with E-state index in [9.17, 15) is 18.8 Å². The Bertz CT molecular complexity index is 1250. The molecule has 0 unspecified atom stereocenters. The van der Waals surface area contributed by atoms with Crippen LogP contribution in [0, 0.1) is 5.82 Å². The van der Waals surface area contributed by atoms with Crippen molar-refractivity contribution >= 4 is 40.4 Å². The number of nitrogens with one attached hydrogen (secondary N) is 1. The Balaban J connectivity index is 1.85. The molecule has 1 aliphatic rings. The first-order valence-electron chi connectivity index (χ1n) is 10.2. The second kappa shape index (κ2) is 8.63. The highest BCUT2D eigenvalue weighted by Gasteiger charge is 2.37. The van der Waals surface area contributed by atoms with Crippen LogP contribution in [0.2, 0.25) is 0 Å². The van der Waals surface area contributed by atoms with Crippen molar-refractivity contribution in [3.05, 3.63) is 77.6 Å². The third-order valence-electron chi connectivity index (χ3n) is 5.31. The minimum Gasteiger partial charge on any atom is -0.490 e. The smallest absolute Gasteiger partial charge is 0.335 e. The first-order valence-corrected chi connectivity index (χ1v) is 10.2. The van der Waals surface area contributed by atoms with Gasteiger partial charge in [-0.3, -0.25) is 14.9 Å². The van der Waals surface area contributed by atoms with E-state index < -0.39 is 23.7 Å². The van der Waals surface area contributed by atoms with E-state index in [-0.39, 0.29) is 17.4 Å². The van der Waals surface area contributed by atoms with E-state index in [2.05, 4.69) is 5.32 Å². The van der Waals surface area contributed by atoms with E-state index in [4.69, 9.17) is 4.74 Å². The maximum absolute atomic E-state index is 13.3. The third kappa shape index (κ3) is 3.97. The summed E-state index contributed by atoms with van der Waals surface area (Å²) in [4.78, 5) is 39.0. The highest BCUT2D eigenvalue weighted by molar-refractivity contribution is 6.39. The van der Waals surface area contributed by atoms with Crippen LogP contribution < -0.4 is 15.0 Å². The molecule has 4 rings (SSSR count). The molecule has 1 saturated heterocycles. The van der Waals surface area contributed by atoms with E-state index in [0.29, 0.717) is 11.3 Å². The molecule has 162 valence electrons. The summed E-state index contributed by atoms with van der Waals surface area (Å²) >= 11 is 0. The summed E-state index contributed by atoms with van der Waals surface area (Å²) in [6, 6.07) is 15.2. The number of carbonyl (C=O) groups excluding carboxylic acids is 3. The van der Waals surface area contributed by atoms with Crippen molar-refractivity contribution in [2.24, 2.45) is 0 Å². The zero-order valence-electron chi connectivity index (χ0n) is 17.6. The number of amides is 4. The number of hydrogen-bond acceptors (Lipinski definition) is 4. The van der Waals surface area contributed by atoms with Crippen LogP contribution in [0.4, 0.5) is 14.9 Å². The van der Waals surface area contributed by atoms with Gasteiger partial charge in [0.2, 0.25) is 0 Å². The minimum atomic E-state index is -0.891. The maximum atomic E-state index is 13.3. The molecule has 0 bridgehead atoms. The Morgan fingerprint density at radius 1 is 1.03 bits per heavy atom. The summed E-state index contributed by atoms with van der Waals surface area (Å²) in [5.74, 6) is -1.59. The lowest BCUT2D eigenvalue weighted by Gasteiger charge is -2.26. The predicted octanol–water partition coefficient (Wildman–Crippen LogP) is 4.82. The van der Waals surface area contributed by atoms with Crippen LogP contribution in [0.5, 0.6) is 5.75 Å². The van der Waals surface area contributed by atoms with Gasteiger partial charge in [-0.25, -0.2) is 14.1 Å². The SMILES string of the molecule is CC[C@@H](C)Oc1ccc2ccccc2c1/C=C1\C(=O)NC(=O)N(c2ccc(F)cc2)C1=O. The molecule has 0 aromatic heterocycles. The van der Waals surface area contributed by atoms with Gasteiger partial charge in [0.25, 0.3) is 11.8 Å². The van der Waals surface area contributed by atoms with E-state index in [1.807, 2.05) is 44.2 Å². The monoisotopic (exact) mass is 432 g/mol. The number of hydrogen-bond donors (Lipinski definition) is 1. The van der Waals surface area contributed by atoms with Crippen molar-refractivity contribution in [1.29, 1.82) is 0 Å². The van der Waals surface area contributed by atoms with Crippen molar-refractivity contribution in [3.63, 3.8) is 0 Å². The van der Waals surface area contributed by atoms with Crippen LogP contribution in [-0.4, -0.2) is 23.9 Å². The number of halogens is 1. The number of imide groups is 2. The van der Waals surface area contributed by atoms with E-state index >= 15 is 0 Å². The van der Waals surface area contributed by atoms with Gasteiger partial charge in [-0.1, -0.05) is 37.3 Å². The van der Waals surface area contributed by atoms with Crippen molar-refractivity contribution in [3.8, 4) is 5.75 Å². The Labute approximate surface area is 184 Å². The topological polar surface area (TPSA) is 75.7 Å². The second-order valence-electron chi connectivity index (χ2n) is 7.47. The van der Waals surface area contributed by atoms with Gasteiger partial charge in [0.05, 0.1) is 11.8 Å². The minimum absolute atomic E-state index is 0.0820. The molecule has 0 saturated carbocycles. The lowest BCUT2D eigenvalue weighted by Crippen LogP contribution is -2.54. The molecule has 32 heavy (non-hydrogen) atoms. The number of carbonyl (C=O) groups is 3. The molecule has 7 heteroatoms. The first kappa shape index (κ1) is 21.2. The van der Waals surface area contributed by atoms with Crippen LogP contribution >= 0.6 is 0 Å². The fraction of sp³-hybridized carbons (Fsp3) is 0.160. The van der Waals surface area contributed by atoms with Crippen molar-refractivity contribution < 1.29 is 23.5 Å². The Hall–Kier alpha value is -4.00. The molecule has 1 N–H and O–H groups in total. The molecule has 3 aromatic rings. The van der Waals surface area contributed by atoms with Crippen molar-refractivity contribution in [2.75, 3.05) is 4.90 Å². The van der Waals surface area contributed by atoms with Crippen LogP contribution in [0.3, 0.4) is 0 Å². The highest BCUT2D eigenvalue weighted by Crippen LogP contribution is 2.32. The number of benzene rings is 3.